The van der Waals surface area contributed by atoms with Crippen molar-refractivity contribution in [2.75, 3.05) is 13.1 Å². The molecule has 0 aliphatic carbocycles. The van der Waals surface area contributed by atoms with Crippen LogP contribution in [0.3, 0.4) is 0 Å². The summed E-state index contributed by atoms with van der Waals surface area (Å²) in [6.07, 6.45) is 3.67. The third kappa shape index (κ3) is 4.55. The third-order valence-electron chi connectivity index (χ3n) is 4.57. The molecule has 1 aliphatic heterocycles. The van der Waals surface area contributed by atoms with Crippen molar-refractivity contribution < 1.29 is 4.79 Å². The molecule has 0 spiro atoms. The highest BCUT2D eigenvalue weighted by atomic mass is 16.2. The normalized spacial score (nSPS) is 15.3. The zero-order valence-corrected chi connectivity index (χ0v) is 16.0. The van der Waals surface area contributed by atoms with E-state index in [0.29, 0.717) is 24.6 Å². The Kier molecular flexibility index (Phi) is 5.72. The van der Waals surface area contributed by atoms with Crippen molar-refractivity contribution in [3.8, 4) is 0 Å². The maximum absolute atomic E-state index is 13.0. The van der Waals surface area contributed by atoms with E-state index in [0.717, 1.165) is 16.7 Å². The van der Waals surface area contributed by atoms with Gasteiger partial charge >= 0.3 is 0 Å². The lowest BCUT2D eigenvalue weighted by Gasteiger charge is -2.17. The smallest absolute Gasteiger partial charge is 0.278 e. The van der Waals surface area contributed by atoms with Crippen molar-refractivity contribution in [2.24, 2.45) is 9.98 Å². The molecule has 3 aromatic carbocycles. The molecule has 142 valence electrons. The Morgan fingerprint density at radius 3 is 2.03 bits per heavy atom. The molecular weight excluding hydrogens is 358 g/mol. The molecule has 1 amide bonds. The Bertz CT molecular complexity index is 1050. The second kappa shape index (κ2) is 8.93. The first kappa shape index (κ1) is 18.6. The Morgan fingerprint density at radius 2 is 1.38 bits per heavy atom. The molecule has 1 aliphatic rings. The first-order chi connectivity index (χ1) is 14.3. The highest BCUT2D eigenvalue weighted by Crippen LogP contribution is 2.21. The van der Waals surface area contributed by atoms with Crippen LogP contribution in [0.25, 0.3) is 6.08 Å². The second-order valence-electron chi connectivity index (χ2n) is 6.64. The highest BCUT2D eigenvalue weighted by molar-refractivity contribution is 6.19. The van der Waals surface area contributed by atoms with Gasteiger partial charge in [-0.1, -0.05) is 91.0 Å². The maximum atomic E-state index is 13.0. The van der Waals surface area contributed by atoms with E-state index < -0.39 is 0 Å². The molecule has 0 saturated heterocycles. The quantitative estimate of drug-likeness (QED) is 0.461. The second-order valence-corrected chi connectivity index (χ2v) is 6.64. The molecular formula is C25H21N3O. The number of carbonyl (C=O) groups is 1. The van der Waals surface area contributed by atoms with Gasteiger partial charge in [-0.05, 0) is 17.2 Å². The van der Waals surface area contributed by atoms with E-state index >= 15 is 0 Å². The van der Waals surface area contributed by atoms with Crippen LogP contribution in [0.1, 0.15) is 16.7 Å². The molecule has 0 aromatic heterocycles. The Balaban J connectivity index is 1.56. The topological polar surface area (TPSA) is 45.0 Å². The summed E-state index contributed by atoms with van der Waals surface area (Å²) in [4.78, 5) is 23.9. The summed E-state index contributed by atoms with van der Waals surface area (Å²) in [6, 6.07) is 29.5. The van der Waals surface area contributed by atoms with E-state index in [1.807, 2.05) is 103 Å². The van der Waals surface area contributed by atoms with Crippen molar-refractivity contribution in [1.29, 1.82) is 0 Å². The zero-order valence-electron chi connectivity index (χ0n) is 16.0. The van der Waals surface area contributed by atoms with Crippen LogP contribution >= 0.6 is 0 Å². The molecule has 0 unspecified atom stereocenters. The van der Waals surface area contributed by atoms with Gasteiger partial charge in [0.05, 0.1) is 6.54 Å². The summed E-state index contributed by atoms with van der Waals surface area (Å²) in [6.45, 7) is 0.979. The summed E-state index contributed by atoms with van der Waals surface area (Å²) in [5.41, 5.74) is 3.37. The lowest BCUT2D eigenvalue weighted by molar-refractivity contribution is -0.122. The molecule has 4 nitrogen and oxygen atoms in total. The number of amidine groups is 1. The van der Waals surface area contributed by atoms with Gasteiger partial charge in [-0.3, -0.25) is 14.7 Å². The van der Waals surface area contributed by atoms with E-state index in [9.17, 15) is 4.79 Å². The molecule has 0 atom stereocenters. The van der Waals surface area contributed by atoms with Crippen LogP contribution in [0, 0.1) is 0 Å². The summed E-state index contributed by atoms with van der Waals surface area (Å²) in [5.74, 6) is 0.579. The molecule has 0 bridgehead atoms. The number of rotatable bonds is 6. The molecule has 29 heavy (non-hydrogen) atoms. The lowest BCUT2D eigenvalue weighted by Crippen LogP contribution is -2.34. The fraction of sp³-hybridized carbons (Fsp3) is 0.0800. The Hall–Kier alpha value is -3.79. The lowest BCUT2D eigenvalue weighted by atomic mass is 10.2. The van der Waals surface area contributed by atoms with Crippen molar-refractivity contribution >= 4 is 24.0 Å². The summed E-state index contributed by atoms with van der Waals surface area (Å²) < 4.78 is 0. The summed E-state index contributed by atoms with van der Waals surface area (Å²) >= 11 is 0. The van der Waals surface area contributed by atoms with Crippen molar-refractivity contribution in [3.05, 3.63) is 113 Å². The fourth-order valence-corrected chi connectivity index (χ4v) is 3.14. The van der Waals surface area contributed by atoms with Crippen LogP contribution in [-0.2, 0) is 4.79 Å². The van der Waals surface area contributed by atoms with E-state index in [-0.39, 0.29) is 5.91 Å². The molecule has 0 radical (unpaired) electrons. The average Bonchev–Trinajstić information content (AvgIpc) is 3.09. The Labute approximate surface area is 170 Å². The number of hydrogen-bond acceptors (Lipinski definition) is 3. The number of benzene rings is 3. The van der Waals surface area contributed by atoms with Gasteiger partial charge in [0.2, 0.25) is 0 Å². The fourth-order valence-electron chi connectivity index (χ4n) is 3.14. The molecule has 0 saturated carbocycles. The van der Waals surface area contributed by atoms with E-state index in [1.165, 1.54) is 0 Å². The van der Waals surface area contributed by atoms with E-state index in [2.05, 4.69) is 9.98 Å². The SMILES string of the molecule is O=C1/C(=C/c2ccccc2)N=C(c2ccccc2)N1CCN=Cc1ccccc1. The predicted octanol–water partition coefficient (Wildman–Crippen LogP) is 4.44. The molecule has 0 N–H and O–H groups in total. The summed E-state index contributed by atoms with van der Waals surface area (Å²) in [5, 5.41) is 0. The van der Waals surface area contributed by atoms with Gasteiger partial charge in [0.15, 0.2) is 0 Å². The maximum Gasteiger partial charge on any atom is 0.278 e. The van der Waals surface area contributed by atoms with Crippen molar-refractivity contribution in [3.63, 3.8) is 0 Å². The van der Waals surface area contributed by atoms with Crippen LogP contribution in [0.5, 0.6) is 0 Å². The Morgan fingerprint density at radius 1 is 0.793 bits per heavy atom. The van der Waals surface area contributed by atoms with Gasteiger partial charge in [-0.15, -0.1) is 0 Å². The standard InChI is InChI=1S/C25H21N3O/c29-25-23(18-20-10-4-1-5-11-20)27-24(22-14-8-3-9-15-22)28(25)17-16-26-19-21-12-6-2-7-13-21/h1-15,18-19H,16-17H2/b23-18-,26-19?. The van der Waals surface area contributed by atoms with E-state index in [1.54, 1.807) is 4.90 Å². The molecule has 4 heteroatoms. The summed E-state index contributed by atoms with van der Waals surface area (Å²) in [7, 11) is 0. The molecule has 4 rings (SSSR count). The van der Waals surface area contributed by atoms with Crippen LogP contribution < -0.4 is 0 Å². The monoisotopic (exact) mass is 379 g/mol. The van der Waals surface area contributed by atoms with Crippen LogP contribution in [-0.4, -0.2) is 35.9 Å². The molecule has 0 fully saturated rings. The van der Waals surface area contributed by atoms with Gasteiger partial charge in [0.25, 0.3) is 5.91 Å². The first-order valence-electron chi connectivity index (χ1n) is 9.59. The van der Waals surface area contributed by atoms with Crippen molar-refractivity contribution in [2.45, 2.75) is 0 Å². The van der Waals surface area contributed by atoms with E-state index in [4.69, 9.17) is 0 Å². The van der Waals surface area contributed by atoms with Gasteiger partial charge < -0.3 is 0 Å². The van der Waals surface area contributed by atoms with Gasteiger partial charge in [0.1, 0.15) is 11.5 Å². The number of nitrogens with zero attached hydrogens (tertiary/aromatic N) is 3. The predicted molar refractivity (Wildman–Crippen MR) is 118 cm³/mol. The average molecular weight is 379 g/mol. The highest BCUT2D eigenvalue weighted by Gasteiger charge is 2.30. The number of aliphatic imine (C=N–C) groups is 2. The first-order valence-corrected chi connectivity index (χ1v) is 9.59. The number of carbonyl (C=O) groups excluding carboxylic acids is 1. The minimum Gasteiger partial charge on any atom is -0.291 e. The molecule has 3 aromatic rings. The van der Waals surface area contributed by atoms with Crippen molar-refractivity contribution in [1.82, 2.24) is 4.90 Å². The largest absolute Gasteiger partial charge is 0.291 e. The van der Waals surface area contributed by atoms with Crippen LogP contribution in [0.15, 0.2) is 107 Å². The van der Waals surface area contributed by atoms with Gasteiger partial charge in [0, 0.05) is 18.3 Å². The minimum absolute atomic E-state index is 0.0948. The van der Waals surface area contributed by atoms with Crippen LogP contribution in [0.4, 0.5) is 0 Å². The zero-order chi connectivity index (χ0) is 19.9. The van der Waals surface area contributed by atoms with Crippen LogP contribution in [0.2, 0.25) is 0 Å². The minimum atomic E-state index is -0.0948. The van der Waals surface area contributed by atoms with Gasteiger partial charge in [-0.25, -0.2) is 4.99 Å². The van der Waals surface area contributed by atoms with Gasteiger partial charge in [-0.2, -0.15) is 0 Å². The number of amides is 1. The molecule has 1 heterocycles. The number of hydrogen-bond donors (Lipinski definition) is 0. The third-order valence-corrected chi connectivity index (χ3v) is 4.57.